The third-order valence-electron chi connectivity index (χ3n) is 3.44. The minimum absolute atomic E-state index is 0.0642. The van der Waals surface area contributed by atoms with Crippen LogP contribution in [-0.4, -0.2) is 46.7 Å². The van der Waals surface area contributed by atoms with E-state index in [-0.39, 0.29) is 25.3 Å². The van der Waals surface area contributed by atoms with Crippen molar-refractivity contribution >= 4 is 23.7 Å². The number of amides is 3. The predicted octanol–water partition coefficient (Wildman–Crippen LogP) is 0.386. The van der Waals surface area contributed by atoms with Gasteiger partial charge in [-0.1, -0.05) is 12.8 Å². The van der Waals surface area contributed by atoms with Gasteiger partial charge in [-0.15, -0.1) is 5.06 Å². The summed E-state index contributed by atoms with van der Waals surface area (Å²) in [6.07, 6.45) is 4.29. The average Bonchev–Trinajstić information content (AvgIpc) is 2.70. The molecule has 0 aliphatic carbocycles. The first-order chi connectivity index (χ1) is 9.58. The van der Waals surface area contributed by atoms with Gasteiger partial charge < -0.3 is 9.74 Å². The summed E-state index contributed by atoms with van der Waals surface area (Å²) in [6.45, 7) is 0.297. The van der Waals surface area contributed by atoms with Crippen molar-refractivity contribution in [1.29, 1.82) is 0 Å². The maximum absolute atomic E-state index is 11.8. The van der Waals surface area contributed by atoms with Gasteiger partial charge in [-0.3, -0.25) is 14.4 Å². The van der Waals surface area contributed by atoms with Crippen LogP contribution in [0.15, 0.2) is 0 Å². The summed E-state index contributed by atoms with van der Waals surface area (Å²) in [7, 11) is 0. The summed E-state index contributed by atoms with van der Waals surface area (Å²) in [6, 6.07) is 0. The van der Waals surface area contributed by atoms with Crippen LogP contribution in [0.5, 0.6) is 0 Å². The molecule has 0 saturated carbocycles. The Hall–Kier alpha value is -1.92. The number of hydrogen-bond acceptors (Lipinski definition) is 5. The molecule has 0 atom stereocenters. The quantitative estimate of drug-likeness (QED) is 0.699. The fraction of sp³-hybridized carbons (Fsp3) is 0.692. The van der Waals surface area contributed by atoms with Crippen LogP contribution in [0, 0.1) is 0 Å². The standard InChI is InChI=1S/C13H18N2O5/c16-10-5-3-1-2-4-8-14(10)9-13(19)20-15-11(17)6-7-12(15)18/h1-9H2. The Labute approximate surface area is 116 Å². The summed E-state index contributed by atoms with van der Waals surface area (Å²) < 4.78 is 0. The second kappa shape index (κ2) is 6.49. The van der Waals surface area contributed by atoms with Crippen LogP contribution in [0.25, 0.3) is 0 Å². The van der Waals surface area contributed by atoms with Gasteiger partial charge in [-0.25, -0.2) is 4.79 Å². The lowest BCUT2D eigenvalue weighted by molar-refractivity contribution is -0.198. The van der Waals surface area contributed by atoms with Crippen molar-refractivity contribution in [3.05, 3.63) is 0 Å². The average molecular weight is 282 g/mol. The molecule has 7 heteroatoms. The van der Waals surface area contributed by atoms with Gasteiger partial charge in [0.2, 0.25) is 5.91 Å². The van der Waals surface area contributed by atoms with Crippen molar-refractivity contribution in [1.82, 2.24) is 9.96 Å². The van der Waals surface area contributed by atoms with Crippen LogP contribution in [-0.2, 0) is 24.0 Å². The summed E-state index contributed by atoms with van der Waals surface area (Å²) in [5.41, 5.74) is 0. The second-order valence-corrected chi connectivity index (χ2v) is 5.02. The van der Waals surface area contributed by atoms with Gasteiger partial charge in [0.25, 0.3) is 11.8 Å². The Morgan fingerprint density at radius 1 is 0.900 bits per heavy atom. The molecule has 0 aromatic rings. The lowest BCUT2D eigenvalue weighted by atomic mass is 10.1. The summed E-state index contributed by atoms with van der Waals surface area (Å²) in [4.78, 5) is 52.4. The van der Waals surface area contributed by atoms with E-state index in [0.29, 0.717) is 18.0 Å². The Kier molecular flexibility index (Phi) is 4.70. The highest BCUT2D eigenvalue weighted by molar-refractivity contribution is 6.01. The highest BCUT2D eigenvalue weighted by atomic mass is 16.7. The fourth-order valence-electron chi connectivity index (χ4n) is 2.33. The van der Waals surface area contributed by atoms with E-state index in [9.17, 15) is 19.2 Å². The van der Waals surface area contributed by atoms with Gasteiger partial charge in [0.1, 0.15) is 6.54 Å². The molecule has 0 spiro atoms. The number of rotatable bonds is 3. The zero-order valence-corrected chi connectivity index (χ0v) is 11.3. The molecular formula is C13H18N2O5. The van der Waals surface area contributed by atoms with Crippen LogP contribution in [0.4, 0.5) is 0 Å². The van der Waals surface area contributed by atoms with Gasteiger partial charge in [0.05, 0.1) is 0 Å². The molecule has 0 radical (unpaired) electrons. The smallest absolute Gasteiger partial charge is 0.331 e. The molecule has 2 heterocycles. The molecule has 0 bridgehead atoms. The van der Waals surface area contributed by atoms with E-state index < -0.39 is 17.8 Å². The van der Waals surface area contributed by atoms with Gasteiger partial charge in [-0.05, 0) is 12.8 Å². The number of hydroxylamine groups is 2. The molecule has 110 valence electrons. The third kappa shape index (κ3) is 3.55. The normalized spacial score (nSPS) is 20.9. The van der Waals surface area contributed by atoms with Crippen molar-refractivity contribution in [3.8, 4) is 0 Å². The summed E-state index contributed by atoms with van der Waals surface area (Å²) >= 11 is 0. The molecule has 0 aromatic carbocycles. The van der Waals surface area contributed by atoms with E-state index in [4.69, 9.17) is 4.84 Å². The van der Waals surface area contributed by atoms with Crippen LogP contribution in [0.1, 0.15) is 44.9 Å². The Balaban J connectivity index is 1.87. The third-order valence-corrected chi connectivity index (χ3v) is 3.44. The monoisotopic (exact) mass is 282 g/mol. The minimum Gasteiger partial charge on any atom is -0.331 e. The van der Waals surface area contributed by atoms with Gasteiger partial charge in [0.15, 0.2) is 0 Å². The Bertz CT molecular complexity index is 418. The van der Waals surface area contributed by atoms with Crippen LogP contribution < -0.4 is 0 Å². The fourth-order valence-corrected chi connectivity index (χ4v) is 2.33. The van der Waals surface area contributed by atoms with E-state index in [1.54, 1.807) is 0 Å². The lowest BCUT2D eigenvalue weighted by Crippen LogP contribution is -2.41. The predicted molar refractivity (Wildman–Crippen MR) is 66.8 cm³/mol. The zero-order valence-electron chi connectivity index (χ0n) is 11.3. The van der Waals surface area contributed by atoms with Crippen molar-refractivity contribution in [3.63, 3.8) is 0 Å². The molecule has 0 aromatic heterocycles. The molecule has 7 nitrogen and oxygen atoms in total. The van der Waals surface area contributed by atoms with Gasteiger partial charge in [-0.2, -0.15) is 0 Å². The van der Waals surface area contributed by atoms with E-state index in [1.807, 2.05) is 0 Å². The molecule has 2 saturated heterocycles. The molecule has 20 heavy (non-hydrogen) atoms. The first kappa shape index (κ1) is 14.5. The minimum atomic E-state index is -0.748. The topological polar surface area (TPSA) is 84.0 Å². The van der Waals surface area contributed by atoms with Crippen LogP contribution in [0.3, 0.4) is 0 Å². The molecule has 3 amide bonds. The molecule has 2 fully saturated rings. The number of carbonyl (C=O) groups excluding carboxylic acids is 4. The second-order valence-electron chi connectivity index (χ2n) is 5.02. The molecular weight excluding hydrogens is 264 g/mol. The zero-order chi connectivity index (χ0) is 14.5. The van der Waals surface area contributed by atoms with Crippen LogP contribution >= 0.6 is 0 Å². The maximum atomic E-state index is 11.8. The van der Waals surface area contributed by atoms with Crippen LogP contribution in [0.2, 0.25) is 0 Å². The number of likely N-dealkylation sites (tertiary alicyclic amines) is 1. The van der Waals surface area contributed by atoms with Gasteiger partial charge in [0, 0.05) is 25.8 Å². The molecule has 2 aliphatic rings. The Morgan fingerprint density at radius 2 is 1.55 bits per heavy atom. The molecule has 2 aliphatic heterocycles. The van der Waals surface area contributed by atoms with E-state index in [1.165, 1.54) is 4.90 Å². The maximum Gasteiger partial charge on any atom is 0.352 e. The molecule has 0 unspecified atom stereocenters. The number of carbonyl (C=O) groups is 4. The van der Waals surface area contributed by atoms with Crippen molar-refractivity contribution in [2.45, 2.75) is 44.9 Å². The SMILES string of the molecule is O=C(CN1CCCCCCC1=O)ON1C(=O)CCC1=O. The lowest BCUT2D eigenvalue weighted by Gasteiger charge is -2.24. The van der Waals surface area contributed by atoms with E-state index in [2.05, 4.69) is 0 Å². The first-order valence-electron chi connectivity index (χ1n) is 6.92. The van der Waals surface area contributed by atoms with Crippen molar-refractivity contribution in [2.24, 2.45) is 0 Å². The molecule has 0 N–H and O–H groups in total. The van der Waals surface area contributed by atoms with Crippen molar-refractivity contribution < 1.29 is 24.0 Å². The van der Waals surface area contributed by atoms with E-state index >= 15 is 0 Å². The first-order valence-corrected chi connectivity index (χ1v) is 6.92. The van der Waals surface area contributed by atoms with Gasteiger partial charge >= 0.3 is 5.97 Å². The van der Waals surface area contributed by atoms with Crippen molar-refractivity contribution in [2.75, 3.05) is 13.1 Å². The molecule has 2 rings (SSSR count). The highest BCUT2D eigenvalue weighted by Crippen LogP contribution is 2.14. The van der Waals surface area contributed by atoms with E-state index in [0.717, 1.165) is 25.7 Å². The highest BCUT2D eigenvalue weighted by Gasteiger charge is 2.33. The summed E-state index contributed by atoms with van der Waals surface area (Å²) in [5.74, 6) is -1.85. The largest absolute Gasteiger partial charge is 0.352 e. The summed E-state index contributed by atoms with van der Waals surface area (Å²) in [5, 5.41) is 0.511. The Morgan fingerprint density at radius 3 is 2.25 bits per heavy atom. The number of hydrogen-bond donors (Lipinski definition) is 0. The number of nitrogens with zero attached hydrogens (tertiary/aromatic N) is 2. The number of imide groups is 1.